The summed E-state index contributed by atoms with van der Waals surface area (Å²) in [5.41, 5.74) is 1.57. The van der Waals surface area contributed by atoms with E-state index in [1.54, 1.807) is 6.33 Å². The summed E-state index contributed by atoms with van der Waals surface area (Å²) in [7, 11) is 1.84. The number of fused-ring (bicyclic) bond motifs is 1. The molecular formula is C9H13N5. The summed E-state index contributed by atoms with van der Waals surface area (Å²) < 4.78 is 0. The van der Waals surface area contributed by atoms with Crippen molar-refractivity contribution in [2.45, 2.75) is 19.8 Å². The minimum atomic E-state index is 0.309. The summed E-state index contributed by atoms with van der Waals surface area (Å²) in [5, 5.41) is 3.03. The van der Waals surface area contributed by atoms with Crippen LogP contribution in [0.5, 0.6) is 0 Å². The number of nitrogens with zero attached hydrogens (tertiary/aromatic N) is 3. The molecule has 0 amide bonds. The lowest BCUT2D eigenvalue weighted by Crippen LogP contribution is -2.02. The normalized spacial score (nSPS) is 11.1. The van der Waals surface area contributed by atoms with Crippen molar-refractivity contribution in [3.8, 4) is 0 Å². The first-order valence-corrected chi connectivity index (χ1v) is 4.61. The third-order valence-corrected chi connectivity index (χ3v) is 2.06. The molecule has 14 heavy (non-hydrogen) atoms. The van der Waals surface area contributed by atoms with Gasteiger partial charge in [0.15, 0.2) is 11.5 Å². The van der Waals surface area contributed by atoms with E-state index in [4.69, 9.17) is 0 Å². The number of H-pyrrole nitrogens is 1. The van der Waals surface area contributed by atoms with Crippen molar-refractivity contribution in [1.29, 1.82) is 0 Å². The van der Waals surface area contributed by atoms with Crippen LogP contribution in [0.25, 0.3) is 11.2 Å². The van der Waals surface area contributed by atoms with Gasteiger partial charge in [0.1, 0.15) is 11.3 Å². The van der Waals surface area contributed by atoms with Crippen molar-refractivity contribution in [3.63, 3.8) is 0 Å². The summed E-state index contributed by atoms with van der Waals surface area (Å²) >= 11 is 0. The second-order valence-corrected chi connectivity index (χ2v) is 3.44. The van der Waals surface area contributed by atoms with Crippen LogP contribution in [0.15, 0.2) is 6.33 Å². The van der Waals surface area contributed by atoms with Crippen LogP contribution in [0.2, 0.25) is 0 Å². The number of imidazole rings is 1. The summed E-state index contributed by atoms with van der Waals surface area (Å²) in [6.07, 6.45) is 1.63. The fourth-order valence-corrected chi connectivity index (χ4v) is 1.29. The largest absolute Gasteiger partial charge is 0.371 e. The molecule has 2 aromatic heterocycles. The Balaban J connectivity index is 2.67. The van der Waals surface area contributed by atoms with Crippen molar-refractivity contribution < 1.29 is 0 Å². The molecule has 0 aliphatic rings. The molecule has 2 aromatic rings. The molecule has 2 N–H and O–H groups in total. The lowest BCUT2D eigenvalue weighted by molar-refractivity contribution is 0.782. The predicted molar refractivity (Wildman–Crippen MR) is 55.3 cm³/mol. The van der Waals surface area contributed by atoms with E-state index in [-0.39, 0.29) is 0 Å². The molecular weight excluding hydrogens is 178 g/mol. The number of aromatic amines is 1. The maximum Gasteiger partial charge on any atom is 0.183 e. The van der Waals surface area contributed by atoms with Gasteiger partial charge in [-0.15, -0.1) is 0 Å². The van der Waals surface area contributed by atoms with Gasteiger partial charge in [-0.3, -0.25) is 0 Å². The zero-order valence-corrected chi connectivity index (χ0v) is 8.50. The Morgan fingerprint density at radius 3 is 2.79 bits per heavy atom. The van der Waals surface area contributed by atoms with Crippen LogP contribution in [-0.4, -0.2) is 27.0 Å². The molecule has 5 nitrogen and oxygen atoms in total. The van der Waals surface area contributed by atoms with Crippen molar-refractivity contribution in [2.75, 3.05) is 12.4 Å². The Kier molecular flexibility index (Phi) is 2.07. The van der Waals surface area contributed by atoms with E-state index in [1.165, 1.54) is 0 Å². The molecule has 2 heterocycles. The topological polar surface area (TPSA) is 66.5 Å². The van der Waals surface area contributed by atoms with Gasteiger partial charge in [-0.05, 0) is 0 Å². The molecule has 0 saturated carbocycles. The molecule has 0 radical (unpaired) electrons. The van der Waals surface area contributed by atoms with E-state index in [0.717, 1.165) is 17.2 Å². The van der Waals surface area contributed by atoms with Crippen molar-refractivity contribution in [1.82, 2.24) is 19.9 Å². The van der Waals surface area contributed by atoms with Gasteiger partial charge in [0.2, 0.25) is 0 Å². The summed E-state index contributed by atoms with van der Waals surface area (Å²) in [6, 6.07) is 0. The third kappa shape index (κ3) is 1.30. The van der Waals surface area contributed by atoms with Gasteiger partial charge in [-0.25, -0.2) is 15.0 Å². The zero-order chi connectivity index (χ0) is 10.1. The number of hydrogen-bond donors (Lipinski definition) is 2. The van der Waals surface area contributed by atoms with Crippen molar-refractivity contribution >= 4 is 17.0 Å². The molecule has 0 fully saturated rings. The molecule has 2 rings (SSSR count). The predicted octanol–water partition coefficient (Wildman–Crippen LogP) is 1.52. The molecule has 5 heteroatoms. The standard InChI is InChI=1S/C9H13N5/c1-5(2)7-13-8(10-3)6-9(14-7)12-4-11-6/h4-5H,1-3H3,(H2,10,11,12,13,14). The highest BCUT2D eigenvalue weighted by Gasteiger charge is 2.10. The molecule has 0 bridgehead atoms. The molecule has 0 saturated heterocycles. The van der Waals surface area contributed by atoms with Gasteiger partial charge < -0.3 is 10.3 Å². The van der Waals surface area contributed by atoms with Crippen LogP contribution in [0, 0.1) is 0 Å². The number of anilines is 1. The smallest absolute Gasteiger partial charge is 0.183 e. The van der Waals surface area contributed by atoms with E-state index < -0.39 is 0 Å². The van der Waals surface area contributed by atoms with Crippen molar-refractivity contribution in [3.05, 3.63) is 12.2 Å². The first kappa shape index (κ1) is 8.93. The number of aromatic nitrogens is 4. The summed E-state index contributed by atoms with van der Waals surface area (Å²) in [5.74, 6) is 1.92. The molecule has 0 unspecified atom stereocenters. The number of hydrogen-bond acceptors (Lipinski definition) is 4. The minimum Gasteiger partial charge on any atom is -0.371 e. The second kappa shape index (κ2) is 3.25. The van der Waals surface area contributed by atoms with Gasteiger partial charge in [-0.2, -0.15) is 0 Å². The highest BCUT2D eigenvalue weighted by Crippen LogP contribution is 2.19. The molecule has 0 spiro atoms. The van der Waals surface area contributed by atoms with Gasteiger partial charge in [0.05, 0.1) is 6.33 Å². The molecule has 0 aliphatic carbocycles. The second-order valence-electron chi connectivity index (χ2n) is 3.44. The third-order valence-electron chi connectivity index (χ3n) is 2.06. The van der Waals surface area contributed by atoms with Crippen LogP contribution in [0.4, 0.5) is 5.82 Å². The van der Waals surface area contributed by atoms with E-state index in [1.807, 2.05) is 7.05 Å². The minimum absolute atomic E-state index is 0.309. The van der Waals surface area contributed by atoms with Gasteiger partial charge in [-0.1, -0.05) is 13.8 Å². The Morgan fingerprint density at radius 2 is 2.14 bits per heavy atom. The molecule has 0 atom stereocenters. The average molecular weight is 191 g/mol. The van der Waals surface area contributed by atoms with Gasteiger partial charge in [0, 0.05) is 13.0 Å². The average Bonchev–Trinajstić information content (AvgIpc) is 2.63. The molecule has 74 valence electrons. The molecule has 0 aliphatic heterocycles. The Bertz CT molecular complexity index is 445. The lowest BCUT2D eigenvalue weighted by atomic mass is 10.2. The zero-order valence-electron chi connectivity index (χ0n) is 8.50. The fourth-order valence-electron chi connectivity index (χ4n) is 1.29. The Hall–Kier alpha value is -1.65. The van der Waals surface area contributed by atoms with E-state index in [0.29, 0.717) is 11.6 Å². The van der Waals surface area contributed by atoms with Crippen LogP contribution in [0.3, 0.4) is 0 Å². The van der Waals surface area contributed by atoms with Crippen LogP contribution < -0.4 is 5.32 Å². The Labute approximate surface area is 82.0 Å². The van der Waals surface area contributed by atoms with Crippen molar-refractivity contribution in [2.24, 2.45) is 0 Å². The van der Waals surface area contributed by atoms with Gasteiger partial charge >= 0.3 is 0 Å². The highest BCUT2D eigenvalue weighted by molar-refractivity contribution is 5.82. The van der Waals surface area contributed by atoms with E-state index in [9.17, 15) is 0 Å². The maximum absolute atomic E-state index is 4.40. The number of rotatable bonds is 2. The first-order valence-electron chi connectivity index (χ1n) is 4.61. The highest BCUT2D eigenvalue weighted by atomic mass is 15.1. The lowest BCUT2D eigenvalue weighted by Gasteiger charge is -2.06. The first-order chi connectivity index (χ1) is 6.72. The Morgan fingerprint density at radius 1 is 1.36 bits per heavy atom. The van der Waals surface area contributed by atoms with Crippen LogP contribution in [-0.2, 0) is 0 Å². The quantitative estimate of drug-likeness (QED) is 0.755. The van der Waals surface area contributed by atoms with Crippen LogP contribution in [0.1, 0.15) is 25.6 Å². The fraction of sp³-hybridized carbons (Fsp3) is 0.444. The van der Waals surface area contributed by atoms with E-state index in [2.05, 4.69) is 39.1 Å². The van der Waals surface area contributed by atoms with Gasteiger partial charge in [0.25, 0.3) is 0 Å². The molecule has 0 aromatic carbocycles. The SMILES string of the molecule is CNc1nc(C(C)C)nc2nc[nH]c12. The monoisotopic (exact) mass is 191 g/mol. The van der Waals surface area contributed by atoms with E-state index >= 15 is 0 Å². The summed E-state index contributed by atoms with van der Waals surface area (Å²) in [6.45, 7) is 4.13. The summed E-state index contributed by atoms with van der Waals surface area (Å²) in [4.78, 5) is 15.9. The maximum atomic E-state index is 4.40. The number of nitrogens with one attached hydrogen (secondary N) is 2. The van der Waals surface area contributed by atoms with Crippen LogP contribution >= 0.6 is 0 Å².